The highest BCUT2D eigenvalue weighted by Gasteiger charge is 2.55. The Bertz CT molecular complexity index is 947. The van der Waals surface area contributed by atoms with E-state index in [1.807, 2.05) is 0 Å². The predicted molar refractivity (Wildman–Crippen MR) is 105 cm³/mol. The van der Waals surface area contributed by atoms with E-state index in [0.717, 1.165) is 4.90 Å². The van der Waals surface area contributed by atoms with Crippen LogP contribution in [0, 0.1) is 0 Å². The highest BCUT2D eigenvalue weighted by Crippen LogP contribution is 2.34. The standard InChI is InChI=1S/C19H25N3O7S/c1-4-29-16(23)13-21-17(24)19(2)9-10-20(11-12-22(19)18(21)25)30(26,27)15-7-5-14(28-3)6-8-15/h5-8H,4,9-13H2,1-3H3. The van der Waals surface area contributed by atoms with Crippen molar-refractivity contribution in [1.29, 1.82) is 0 Å². The van der Waals surface area contributed by atoms with Crippen molar-refractivity contribution in [2.75, 3.05) is 39.9 Å². The van der Waals surface area contributed by atoms with E-state index >= 15 is 0 Å². The summed E-state index contributed by atoms with van der Waals surface area (Å²) in [6, 6.07) is 5.42. The molecule has 0 aromatic heterocycles. The fourth-order valence-electron chi connectivity index (χ4n) is 3.71. The predicted octanol–water partition coefficient (Wildman–Crippen LogP) is 0.676. The van der Waals surface area contributed by atoms with Crippen LogP contribution in [0.2, 0.25) is 0 Å². The first-order valence-corrected chi connectivity index (χ1v) is 11.0. The van der Waals surface area contributed by atoms with E-state index in [-0.39, 0.29) is 37.6 Å². The molecule has 1 atom stereocenters. The molecule has 3 amide bonds. The zero-order valence-electron chi connectivity index (χ0n) is 17.2. The molecule has 0 bridgehead atoms. The van der Waals surface area contributed by atoms with E-state index in [0.29, 0.717) is 5.75 Å². The van der Waals surface area contributed by atoms with Crippen molar-refractivity contribution in [1.82, 2.24) is 14.1 Å². The Labute approximate surface area is 175 Å². The first-order chi connectivity index (χ1) is 14.1. The maximum absolute atomic E-state index is 13.0. The van der Waals surface area contributed by atoms with Crippen molar-refractivity contribution < 1.29 is 32.3 Å². The lowest BCUT2D eigenvalue weighted by molar-refractivity contribution is -0.147. The van der Waals surface area contributed by atoms with Gasteiger partial charge in [0.05, 0.1) is 18.6 Å². The van der Waals surface area contributed by atoms with Gasteiger partial charge in [0.15, 0.2) is 0 Å². The van der Waals surface area contributed by atoms with Crippen molar-refractivity contribution in [3.8, 4) is 5.75 Å². The highest BCUT2D eigenvalue weighted by atomic mass is 32.2. The van der Waals surface area contributed by atoms with Gasteiger partial charge in [0.1, 0.15) is 17.8 Å². The molecule has 11 heteroatoms. The number of imide groups is 1. The Morgan fingerprint density at radius 3 is 2.40 bits per heavy atom. The number of benzene rings is 1. The molecule has 2 fully saturated rings. The van der Waals surface area contributed by atoms with Crippen LogP contribution in [0.5, 0.6) is 5.75 Å². The van der Waals surface area contributed by atoms with Crippen molar-refractivity contribution in [2.45, 2.75) is 30.7 Å². The van der Waals surface area contributed by atoms with Gasteiger partial charge in [-0.25, -0.2) is 13.2 Å². The minimum Gasteiger partial charge on any atom is -0.497 e. The number of methoxy groups -OCH3 is 1. The molecule has 0 N–H and O–H groups in total. The smallest absolute Gasteiger partial charge is 0.328 e. The fraction of sp³-hybridized carbons (Fsp3) is 0.526. The maximum Gasteiger partial charge on any atom is 0.328 e. The minimum atomic E-state index is -3.80. The summed E-state index contributed by atoms with van der Waals surface area (Å²) in [5.41, 5.74) is -1.21. The zero-order valence-corrected chi connectivity index (χ0v) is 18.0. The largest absolute Gasteiger partial charge is 0.497 e. The van der Waals surface area contributed by atoms with Crippen LogP contribution in [-0.2, 0) is 24.3 Å². The molecule has 164 valence electrons. The lowest BCUT2D eigenvalue weighted by atomic mass is 9.96. The lowest BCUT2D eigenvalue weighted by Crippen LogP contribution is -2.47. The summed E-state index contributed by atoms with van der Waals surface area (Å²) >= 11 is 0. The van der Waals surface area contributed by atoms with Crippen LogP contribution in [0.15, 0.2) is 29.2 Å². The van der Waals surface area contributed by atoms with Crippen LogP contribution >= 0.6 is 0 Å². The van der Waals surface area contributed by atoms with E-state index in [1.54, 1.807) is 26.0 Å². The van der Waals surface area contributed by atoms with Crippen molar-refractivity contribution >= 4 is 27.9 Å². The van der Waals surface area contributed by atoms with E-state index in [2.05, 4.69) is 0 Å². The second-order valence-electron chi connectivity index (χ2n) is 7.23. The van der Waals surface area contributed by atoms with E-state index in [9.17, 15) is 22.8 Å². The molecule has 2 aliphatic heterocycles. The number of ether oxygens (including phenoxy) is 2. The molecule has 0 spiro atoms. The third kappa shape index (κ3) is 3.74. The topological polar surface area (TPSA) is 114 Å². The molecule has 1 unspecified atom stereocenters. The van der Waals surface area contributed by atoms with Crippen LogP contribution in [-0.4, -0.2) is 85.9 Å². The molecule has 1 aromatic carbocycles. The van der Waals surface area contributed by atoms with Gasteiger partial charge in [-0.1, -0.05) is 0 Å². The van der Waals surface area contributed by atoms with Crippen LogP contribution in [0.3, 0.4) is 0 Å². The van der Waals surface area contributed by atoms with Gasteiger partial charge in [0.25, 0.3) is 5.91 Å². The van der Waals surface area contributed by atoms with Gasteiger partial charge in [-0.15, -0.1) is 0 Å². The number of amides is 3. The summed E-state index contributed by atoms with van der Waals surface area (Å²) in [7, 11) is -2.31. The monoisotopic (exact) mass is 439 g/mol. The first kappa shape index (κ1) is 22.0. The number of urea groups is 1. The average Bonchev–Trinajstić information content (AvgIpc) is 2.85. The van der Waals surface area contributed by atoms with E-state index in [1.165, 1.54) is 28.4 Å². The third-order valence-electron chi connectivity index (χ3n) is 5.47. The number of esters is 1. The van der Waals surface area contributed by atoms with Gasteiger partial charge in [-0.3, -0.25) is 14.5 Å². The van der Waals surface area contributed by atoms with Crippen molar-refractivity contribution in [3.63, 3.8) is 0 Å². The number of nitrogens with zero attached hydrogens (tertiary/aromatic N) is 3. The van der Waals surface area contributed by atoms with E-state index in [4.69, 9.17) is 9.47 Å². The van der Waals surface area contributed by atoms with Crippen LogP contribution in [0.25, 0.3) is 0 Å². The molecule has 1 aromatic rings. The zero-order chi connectivity index (χ0) is 22.1. The Morgan fingerprint density at radius 2 is 1.80 bits per heavy atom. The summed E-state index contributed by atoms with van der Waals surface area (Å²) in [6.07, 6.45) is 0.117. The molecule has 0 aliphatic carbocycles. The molecule has 2 saturated heterocycles. The van der Waals surface area contributed by atoms with E-state index < -0.39 is 40.0 Å². The quantitative estimate of drug-likeness (QED) is 0.473. The molecular formula is C19H25N3O7S. The Balaban J connectivity index is 1.79. The van der Waals surface area contributed by atoms with Crippen LogP contribution < -0.4 is 4.74 Å². The fourth-order valence-corrected chi connectivity index (χ4v) is 5.14. The Hall–Kier alpha value is -2.66. The van der Waals surface area contributed by atoms with Crippen LogP contribution in [0.1, 0.15) is 20.3 Å². The highest BCUT2D eigenvalue weighted by molar-refractivity contribution is 7.89. The van der Waals surface area contributed by atoms with Gasteiger partial charge in [0.2, 0.25) is 10.0 Å². The molecule has 2 heterocycles. The normalized spacial score (nSPS) is 22.6. The molecular weight excluding hydrogens is 414 g/mol. The number of fused-ring (bicyclic) bond motifs is 1. The number of carbonyl (C=O) groups excluding carboxylic acids is 3. The number of sulfonamides is 1. The SMILES string of the molecule is CCOC(=O)CN1C(=O)N2CCN(S(=O)(=O)c3ccc(OC)cc3)CCC2(C)C1=O. The van der Waals surface area contributed by atoms with Crippen molar-refractivity contribution in [2.24, 2.45) is 0 Å². The second-order valence-corrected chi connectivity index (χ2v) is 9.17. The van der Waals surface area contributed by atoms with Gasteiger partial charge >= 0.3 is 12.0 Å². The molecule has 2 aliphatic rings. The van der Waals surface area contributed by atoms with Crippen LogP contribution in [0.4, 0.5) is 4.79 Å². The number of carbonyl (C=O) groups is 3. The molecule has 3 rings (SSSR count). The summed E-state index contributed by atoms with van der Waals surface area (Å²) in [5, 5.41) is 0. The molecule has 0 saturated carbocycles. The van der Waals surface area contributed by atoms with Gasteiger partial charge in [0, 0.05) is 19.6 Å². The van der Waals surface area contributed by atoms with Gasteiger partial charge in [-0.2, -0.15) is 4.31 Å². The van der Waals surface area contributed by atoms with Gasteiger partial charge in [-0.05, 0) is 44.5 Å². The van der Waals surface area contributed by atoms with Gasteiger partial charge < -0.3 is 14.4 Å². The summed E-state index contributed by atoms with van der Waals surface area (Å²) < 4.78 is 37.2. The molecule has 30 heavy (non-hydrogen) atoms. The Morgan fingerprint density at radius 1 is 1.13 bits per heavy atom. The van der Waals surface area contributed by atoms with Crippen molar-refractivity contribution in [3.05, 3.63) is 24.3 Å². The minimum absolute atomic E-state index is 0.0375. The number of rotatable bonds is 6. The first-order valence-electron chi connectivity index (χ1n) is 9.58. The summed E-state index contributed by atoms with van der Waals surface area (Å²) in [4.78, 5) is 39.8. The summed E-state index contributed by atoms with van der Waals surface area (Å²) in [5.74, 6) is -0.649. The average molecular weight is 439 g/mol. The maximum atomic E-state index is 13.0. The second kappa shape index (κ2) is 8.23. The summed E-state index contributed by atoms with van der Waals surface area (Å²) in [6.45, 7) is 3.07. The number of hydrogen-bond acceptors (Lipinski definition) is 7. The number of hydrogen-bond donors (Lipinski definition) is 0. The lowest BCUT2D eigenvalue weighted by Gasteiger charge is -2.28. The third-order valence-corrected chi connectivity index (χ3v) is 7.39. The molecule has 0 radical (unpaired) electrons. The molecule has 10 nitrogen and oxygen atoms in total. The Kier molecular flexibility index (Phi) is 6.04.